The summed E-state index contributed by atoms with van der Waals surface area (Å²) in [5, 5.41) is 2.50. The third kappa shape index (κ3) is 4.00. The van der Waals surface area contributed by atoms with Crippen LogP contribution >= 0.6 is 0 Å². The van der Waals surface area contributed by atoms with Crippen LogP contribution in [0, 0.1) is 0 Å². The van der Waals surface area contributed by atoms with Crippen LogP contribution in [0.2, 0.25) is 0 Å². The topological polar surface area (TPSA) is 4.10 Å². The lowest BCUT2D eigenvalue weighted by Gasteiger charge is -2.05. The van der Waals surface area contributed by atoms with E-state index in [0.717, 1.165) is 0 Å². The molecule has 4 aromatic carbocycles. The van der Waals surface area contributed by atoms with E-state index in [0.29, 0.717) is 0 Å². The molecule has 0 fully saturated rings. The van der Waals surface area contributed by atoms with Crippen molar-refractivity contribution in [2.45, 2.75) is 0 Å². The summed E-state index contributed by atoms with van der Waals surface area (Å²) in [4.78, 5) is 0. The van der Waals surface area contributed by atoms with E-state index in [2.05, 4.69) is 144 Å². The number of aromatic nitrogens is 1. The number of pyridine rings is 2. The third-order valence-electron chi connectivity index (χ3n) is 6.35. The molecule has 0 saturated carbocycles. The molecule has 0 N–H and O–H groups in total. The van der Waals surface area contributed by atoms with Crippen molar-refractivity contribution < 1.29 is 4.40 Å². The maximum absolute atomic E-state index is 2.30. The summed E-state index contributed by atoms with van der Waals surface area (Å²) in [5.74, 6) is 0. The fourth-order valence-corrected chi connectivity index (χ4v) is 4.48. The molecule has 6 rings (SSSR count). The molecule has 6 aromatic rings. The van der Waals surface area contributed by atoms with Gasteiger partial charge in [0.05, 0.1) is 5.39 Å². The highest BCUT2D eigenvalue weighted by Crippen LogP contribution is 2.26. The predicted octanol–water partition coefficient (Wildman–Crippen LogP) is 8.08. The SMILES string of the molecule is C(=C\c1cc[n+]2ccc3ccc(-c4ccccc4)cc3c2c1)/c1ccc(-c2ccccc2)cc1. The van der Waals surface area contributed by atoms with Crippen LogP contribution in [-0.4, -0.2) is 0 Å². The minimum atomic E-state index is 1.18. The molecular formula is C33H24N+. The second-order valence-electron chi connectivity index (χ2n) is 8.56. The molecule has 0 radical (unpaired) electrons. The fourth-order valence-electron chi connectivity index (χ4n) is 4.48. The van der Waals surface area contributed by atoms with Crippen molar-refractivity contribution in [2.75, 3.05) is 0 Å². The van der Waals surface area contributed by atoms with E-state index in [1.54, 1.807) is 0 Å². The van der Waals surface area contributed by atoms with Crippen LogP contribution in [0.3, 0.4) is 0 Å². The Labute approximate surface area is 199 Å². The van der Waals surface area contributed by atoms with Gasteiger partial charge in [0, 0.05) is 18.2 Å². The van der Waals surface area contributed by atoms with Crippen molar-refractivity contribution in [1.29, 1.82) is 0 Å². The van der Waals surface area contributed by atoms with Crippen molar-refractivity contribution in [3.63, 3.8) is 0 Å². The number of fused-ring (bicyclic) bond motifs is 3. The van der Waals surface area contributed by atoms with E-state index in [-0.39, 0.29) is 0 Å². The molecule has 0 atom stereocenters. The molecular weight excluding hydrogens is 410 g/mol. The van der Waals surface area contributed by atoms with Crippen LogP contribution in [0.5, 0.6) is 0 Å². The van der Waals surface area contributed by atoms with Crippen LogP contribution in [0.15, 0.2) is 134 Å². The summed E-state index contributed by atoms with van der Waals surface area (Å²) in [6.07, 6.45) is 8.65. The highest BCUT2D eigenvalue weighted by Gasteiger charge is 2.10. The Morgan fingerprint density at radius 1 is 0.441 bits per heavy atom. The number of hydrogen-bond acceptors (Lipinski definition) is 0. The number of nitrogens with zero attached hydrogens (tertiary/aromatic N) is 1. The van der Waals surface area contributed by atoms with Crippen molar-refractivity contribution in [2.24, 2.45) is 0 Å². The standard InChI is InChI=1S/C33H24N/c1-3-7-27(8-4-1)29-15-13-25(14-16-29)11-12-26-19-21-34-22-20-30-17-18-31(24-32(30)33(34)23-26)28-9-5-2-6-10-28/h1-24H/q+1/b12-11+. The van der Waals surface area contributed by atoms with E-state index >= 15 is 0 Å². The Bertz CT molecular complexity index is 1610. The zero-order valence-corrected chi connectivity index (χ0v) is 18.8. The van der Waals surface area contributed by atoms with E-state index in [1.165, 1.54) is 49.7 Å². The molecule has 160 valence electrons. The highest BCUT2D eigenvalue weighted by atomic mass is 14.8. The molecule has 0 unspecified atom stereocenters. The lowest BCUT2D eigenvalue weighted by Crippen LogP contribution is -2.20. The second-order valence-corrected chi connectivity index (χ2v) is 8.56. The third-order valence-corrected chi connectivity index (χ3v) is 6.35. The molecule has 2 aromatic heterocycles. The lowest BCUT2D eigenvalue weighted by molar-refractivity contribution is -0.510. The van der Waals surface area contributed by atoms with Crippen molar-refractivity contribution >= 4 is 28.4 Å². The summed E-state index contributed by atoms with van der Waals surface area (Å²) in [6.45, 7) is 0. The first-order chi connectivity index (χ1) is 16.8. The highest BCUT2D eigenvalue weighted by molar-refractivity contribution is 5.97. The van der Waals surface area contributed by atoms with Crippen molar-refractivity contribution in [3.8, 4) is 22.3 Å². The smallest absolute Gasteiger partial charge is 0.167 e. The van der Waals surface area contributed by atoms with Crippen LogP contribution < -0.4 is 4.40 Å². The van der Waals surface area contributed by atoms with Gasteiger partial charge in [-0.2, -0.15) is 4.40 Å². The molecule has 1 nitrogen and oxygen atoms in total. The Hall–Kier alpha value is -4.49. The van der Waals surface area contributed by atoms with Gasteiger partial charge < -0.3 is 0 Å². The average Bonchev–Trinajstić information content (AvgIpc) is 2.93. The quantitative estimate of drug-likeness (QED) is 0.195. The van der Waals surface area contributed by atoms with Gasteiger partial charge in [0.25, 0.3) is 0 Å². The van der Waals surface area contributed by atoms with Gasteiger partial charge in [-0.15, -0.1) is 0 Å². The van der Waals surface area contributed by atoms with E-state index in [1.807, 2.05) is 6.07 Å². The summed E-state index contributed by atoms with van der Waals surface area (Å²) < 4.78 is 2.20. The minimum absolute atomic E-state index is 1.18. The van der Waals surface area contributed by atoms with E-state index in [4.69, 9.17) is 0 Å². The van der Waals surface area contributed by atoms with Crippen LogP contribution in [0.25, 0.3) is 50.7 Å². The zero-order valence-electron chi connectivity index (χ0n) is 18.8. The van der Waals surface area contributed by atoms with Crippen molar-refractivity contribution in [1.82, 2.24) is 0 Å². The number of hydrogen-bond donors (Lipinski definition) is 0. The van der Waals surface area contributed by atoms with Gasteiger partial charge in [-0.05, 0) is 44.8 Å². The largest absolute Gasteiger partial charge is 0.219 e. The first kappa shape index (κ1) is 20.1. The van der Waals surface area contributed by atoms with E-state index in [9.17, 15) is 0 Å². The van der Waals surface area contributed by atoms with E-state index < -0.39 is 0 Å². The first-order valence-electron chi connectivity index (χ1n) is 11.6. The van der Waals surface area contributed by atoms with Gasteiger partial charge >= 0.3 is 0 Å². The Morgan fingerprint density at radius 2 is 1.03 bits per heavy atom. The normalized spacial score (nSPS) is 11.4. The van der Waals surface area contributed by atoms with Gasteiger partial charge in [-0.3, -0.25) is 0 Å². The second kappa shape index (κ2) is 8.80. The van der Waals surface area contributed by atoms with Gasteiger partial charge in [-0.25, -0.2) is 0 Å². The maximum atomic E-state index is 2.30. The minimum Gasteiger partial charge on any atom is -0.167 e. The molecule has 0 spiro atoms. The molecule has 34 heavy (non-hydrogen) atoms. The fraction of sp³-hybridized carbons (Fsp3) is 0. The van der Waals surface area contributed by atoms with Crippen LogP contribution in [-0.2, 0) is 0 Å². The van der Waals surface area contributed by atoms with Crippen molar-refractivity contribution in [3.05, 3.63) is 145 Å². The molecule has 0 amide bonds. The average molecular weight is 435 g/mol. The molecule has 0 aliphatic rings. The molecule has 0 aliphatic heterocycles. The molecule has 0 saturated heterocycles. The summed E-state index contributed by atoms with van der Waals surface area (Å²) in [7, 11) is 0. The van der Waals surface area contributed by atoms with Gasteiger partial charge in [-0.1, -0.05) is 109 Å². The van der Waals surface area contributed by atoms with Gasteiger partial charge in [0.15, 0.2) is 12.4 Å². The van der Waals surface area contributed by atoms with Gasteiger partial charge in [0.1, 0.15) is 0 Å². The molecule has 0 bridgehead atoms. The summed E-state index contributed by atoms with van der Waals surface area (Å²) in [6, 6.07) is 43.1. The lowest BCUT2D eigenvalue weighted by atomic mass is 10.0. The zero-order chi connectivity index (χ0) is 22.7. The number of benzene rings is 4. The Kier molecular flexibility index (Phi) is 5.21. The Morgan fingerprint density at radius 3 is 1.76 bits per heavy atom. The maximum Gasteiger partial charge on any atom is 0.219 e. The number of rotatable bonds is 4. The van der Waals surface area contributed by atoms with Gasteiger partial charge in [0.2, 0.25) is 5.52 Å². The summed E-state index contributed by atoms with van der Waals surface area (Å²) in [5.41, 5.74) is 8.53. The predicted molar refractivity (Wildman–Crippen MR) is 143 cm³/mol. The molecule has 1 heteroatoms. The monoisotopic (exact) mass is 434 g/mol. The van der Waals surface area contributed by atoms with Crippen LogP contribution in [0.4, 0.5) is 0 Å². The molecule has 2 heterocycles. The summed E-state index contributed by atoms with van der Waals surface area (Å²) >= 11 is 0. The molecule has 0 aliphatic carbocycles. The first-order valence-corrected chi connectivity index (χ1v) is 11.6. The van der Waals surface area contributed by atoms with Crippen LogP contribution in [0.1, 0.15) is 11.1 Å². The Balaban J connectivity index is 1.35.